The van der Waals surface area contributed by atoms with E-state index in [0.717, 1.165) is 17.8 Å². The van der Waals surface area contributed by atoms with Crippen LogP contribution in [0, 0.1) is 6.92 Å². The van der Waals surface area contributed by atoms with Gasteiger partial charge in [-0.25, -0.2) is 0 Å². The lowest BCUT2D eigenvalue weighted by Crippen LogP contribution is -2.47. The van der Waals surface area contributed by atoms with Gasteiger partial charge in [0.05, 0.1) is 12.3 Å². The van der Waals surface area contributed by atoms with E-state index < -0.39 is 0 Å². The zero-order chi connectivity index (χ0) is 20.4. The maximum atomic E-state index is 13.3. The van der Waals surface area contributed by atoms with Crippen LogP contribution in [0.1, 0.15) is 40.3 Å². The molecule has 0 N–H and O–H groups in total. The van der Waals surface area contributed by atoms with Crippen LogP contribution >= 0.6 is 0 Å². The van der Waals surface area contributed by atoms with Gasteiger partial charge in [-0.3, -0.25) is 9.59 Å². The molecule has 4 rings (SSSR count). The van der Waals surface area contributed by atoms with Gasteiger partial charge in [0.2, 0.25) is 5.91 Å². The standard InChI is InChI=1S/C23H25N3O3/c1-3-24(23(28)20-7-5-15-29-20)16-21(27)26-14-13-25-12-4-6-19(25)22(26)18-10-8-17(2)9-11-18/h4-12,15,22H,3,13-14,16H2,1-2H3. The van der Waals surface area contributed by atoms with Gasteiger partial charge >= 0.3 is 0 Å². The first-order valence-electron chi connectivity index (χ1n) is 9.92. The number of aromatic nitrogens is 1. The molecule has 1 atom stereocenters. The Balaban J connectivity index is 1.60. The number of hydrogen-bond acceptors (Lipinski definition) is 3. The lowest BCUT2D eigenvalue weighted by Gasteiger charge is -2.38. The third kappa shape index (κ3) is 3.70. The maximum absolute atomic E-state index is 13.3. The van der Waals surface area contributed by atoms with Gasteiger partial charge in [0.1, 0.15) is 6.54 Å². The van der Waals surface area contributed by atoms with E-state index in [1.54, 1.807) is 12.1 Å². The highest BCUT2D eigenvalue weighted by molar-refractivity contribution is 5.94. The number of benzene rings is 1. The second-order valence-corrected chi connectivity index (χ2v) is 7.32. The van der Waals surface area contributed by atoms with Crippen molar-refractivity contribution in [2.24, 2.45) is 0 Å². The molecular formula is C23H25N3O3. The first-order valence-corrected chi connectivity index (χ1v) is 9.92. The van der Waals surface area contributed by atoms with Gasteiger partial charge in [-0.1, -0.05) is 29.8 Å². The van der Waals surface area contributed by atoms with Crippen molar-refractivity contribution in [2.75, 3.05) is 19.6 Å². The fraction of sp³-hybridized carbons (Fsp3) is 0.304. The Bertz CT molecular complexity index is 989. The van der Waals surface area contributed by atoms with Crippen molar-refractivity contribution in [1.82, 2.24) is 14.4 Å². The fourth-order valence-electron chi connectivity index (χ4n) is 3.89. The fourth-order valence-corrected chi connectivity index (χ4v) is 3.89. The normalized spacial score (nSPS) is 15.8. The van der Waals surface area contributed by atoms with Crippen LogP contribution in [0.2, 0.25) is 0 Å². The lowest BCUT2D eigenvalue weighted by molar-refractivity contribution is -0.134. The number of amides is 2. The zero-order valence-corrected chi connectivity index (χ0v) is 16.7. The van der Waals surface area contributed by atoms with E-state index in [-0.39, 0.29) is 30.2 Å². The van der Waals surface area contributed by atoms with Crippen LogP contribution in [-0.2, 0) is 11.3 Å². The summed E-state index contributed by atoms with van der Waals surface area (Å²) >= 11 is 0. The van der Waals surface area contributed by atoms with E-state index in [9.17, 15) is 9.59 Å². The molecule has 6 heteroatoms. The van der Waals surface area contributed by atoms with Crippen LogP contribution in [-0.4, -0.2) is 45.8 Å². The molecule has 150 valence electrons. The average Bonchev–Trinajstić information content (AvgIpc) is 3.43. The Morgan fingerprint density at radius 1 is 1.10 bits per heavy atom. The van der Waals surface area contributed by atoms with Gasteiger partial charge in [-0.15, -0.1) is 0 Å². The zero-order valence-electron chi connectivity index (χ0n) is 16.7. The molecule has 0 spiro atoms. The molecule has 0 fully saturated rings. The molecule has 1 aliphatic heterocycles. The van der Waals surface area contributed by atoms with Crippen molar-refractivity contribution in [2.45, 2.75) is 26.4 Å². The Kier molecular flexibility index (Phi) is 5.25. The summed E-state index contributed by atoms with van der Waals surface area (Å²) in [5.74, 6) is -0.0786. The first-order chi connectivity index (χ1) is 14.1. The average molecular weight is 391 g/mol. The van der Waals surface area contributed by atoms with Crippen LogP contribution in [0.5, 0.6) is 0 Å². The molecule has 3 heterocycles. The van der Waals surface area contributed by atoms with E-state index in [4.69, 9.17) is 4.42 Å². The minimum absolute atomic E-state index is 0.0269. The second-order valence-electron chi connectivity index (χ2n) is 7.32. The minimum Gasteiger partial charge on any atom is -0.459 e. The molecular weight excluding hydrogens is 366 g/mol. The molecule has 0 saturated heterocycles. The SMILES string of the molecule is CCN(CC(=O)N1CCn2cccc2C1c1ccc(C)cc1)C(=O)c1ccco1. The molecule has 1 aromatic carbocycles. The van der Waals surface area contributed by atoms with E-state index in [2.05, 4.69) is 48.0 Å². The van der Waals surface area contributed by atoms with Crippen molar-refractivity contribution < 1.29 is 14.0 Å². The molecule has 0 radical (unpaired) electrons. The Morgan fingerprint density at radius 3 is 2.59 bits per heavy atom. The van der Waals surface area contributed by atoms with E-state index in [1.165, 1.54) is 16.7 Å². The number of likely N-dealkylation sites (N-methyl/N-ethyl adjacent to an activating group) is 1. The van der Waals surface area contributed by atoms with Crippen molar-refractivity contribution in [3.63, 3.8) is 0 Å². The van der Waals surface area contributed by atoms with Gasteiger partial charge in [0.25, 0.3) is 5.91 Å². The van der Waals surface area contributed by atoms with Gasteiger partial charge < -0.3 is 18.8 Å². The minimum atomic E-state index is -0.266. The molecule has 3 aromatic rings. The Labute approximate surface area is 170 Å². The largest absolute Gasteiger partial charge is 0.459 e. The van der Waals surface area contributed by atoms with Crippen molar-refractivity contribution in [3.8, 4) is 0 Å². The van der Waals surface area contributed by atoms with Crippen molar-refractivity contribution >= 4 is 11.8 Å². The number of aryl methyl sites for hydroxylation is 1. The lowest BCUT2D eigenvalue weighted by atomic mass is 9.98. The summed E-state index contributed by atoms with van der Waals surface area (Å²) < 4.78 is 7.42. The van der Waals surface area contributed by atoms with Crippen LogP contribution in [0.4, 0.5) is 0 Å². The quantitative estimate of drug-likeness (QED) is 0.669. The van der Waals surface area contributed by atoms with Crippen LogP contribution in [0.3, 0.4) is 0 Å². The van der Waals surface area contributed by atoms with Crippen LogP contribution in [0.25, 0.3) is 0 Å². The molecule has 1 unspecified atom stereocenters. The number of nitrogens with zero attached hydrogens (tertiary/aromatic N) is 3. The highest BCUT2D eigenvalue weighted by atomic mass is 16.3. The van der Waals surface area contributed by atoms with Gasteiger partial charge in [0.15, 0.2) is 5.76 Å². The van der Waals surface area contributed by atoms with Crippen LogP contribution < -0.4 is 0 Å². The highest BCUT2D eigenvalue weighted by Crippen LogP contribution is 2.32. The van der Waals surface area contributed by atoms with E-state index >= 15 is 0 Å². The van der Waals surface area contributed by atoms with Crippen molar-refractivity contribution in [3.05, 3.63) is 83.6 Å². The molecule has 1 aliphatic rings. The number of carbonyl (C=O) groups is 2. The van der Waals surface area contributed by atoms with E-state index in [1.807, 2.05) is 17.9 Å². The van der Waals surface area contributed by atoms with Crippen LogP contribution in [0.15, 0.2) is 65.4 Å². The monoisotopic (exact) mass is 391 g/mol. The molecule has 0 saturated carbocycles. The molecule has 2 amide bonds. The summed E-state index contributed by atoms with van der Waals surface area (Å²) in [5, 5.41) is 0. The van der Waals surface area contributed by atoms with Crippen molar-refractivity contribution in [1.29, 1.82) is 0 Å². The molecule has 6 nitrogen and oxygen atoms in total. The second kappa shape index (κ2) is 7.99. The predicted octanol–water partition coefficient (Wildman–Crippen LogP) is 3.48. The van der Waals surface area contributed by atoms with Gasteiger partial charge in [0, 0.05) is 31.5 Å². The smallest absolute Gasteiger partial charge is 0.290 e. The number of rotatable bonds is 5. The summed E-state index contributed by atoms with van der Waals surface area (Å²) in [6, 6.07) is 15.5. The summed E-state index contributed by atoms with van der Waals surface area (Å²) in [6.45, 7) is 5.73. The maximum Gasteiger partial charge on any atom is 0.290 e. The summed E-state index contributed by atoms with van der Waals surface area (Å²) in [4.78, 5) is 29.4. The number of carbonyl (C=O) groups excluding carboxylic acids is 2. The van der Waals surface area contributed by atoms with Gasteiger partial charge in [-0.2, -0.15) is 0 Å². The summed E-state index contributed by atoms with van der Waals surface area (Å²) in [7, 11) is 0. The van der Waals surface area contributed by atoms with E-state index in [0.29, 0.717) is 13.1 Å². The molecule has 2 aromatic heterocycles. The number of fused-ring (bicyclic) bond motifs is 1. The number of furan rings is 1. The number of hydrogen-bond donors (Lipinski definition) is 0. The molecule has 0 bridgehead atoms. The molecule has 0 aliphatic carbocycles. The third-order valence-corrected chi connectivity index (χ3v) is 5.48. The first kappa shape index (κ1) is 19.1. The van der Waals surface area contributed by atoms with Gasteiger partial charge in [-0.05, 0) is 43.7 Å². The Hall–Kier alpha value is -3.28. The summed E-state index contributed by atoms with van der Waals surface area (Å²) in [5.41, 5.74) is 3.34. The Morgan fingerprint density at radius 2 is 1.90 bits per heavy atom. The topological polar surface area (TPSA) is 58.7 Å². The highest BCUT2D eigenvalue weighted by Gasteiger charge is 2.33. The third-order valence-electron chi connectivity index (χ3n) is 5.48. The molecule has 29 heavy (non-hydrogen) atoms. The summed E-state index contributed by atoms with van der Waals surface area (Å²) in [6.07, 6.45) is 3.52. The predicted molar refractivity (Wildman–Crippen MR) is 109 cm³/mol.